The fourth-order valence-electron chi connectivity index (χ4n) is 2.43. The number of aromatic nitrogens is 4. The second-order valence-electron chi connectivity index (χ2n) is 4.69. The first kappa shape index (κ1) is 13.2. The van der Waals surface area contributed by atoms with Gasteiger partial charge in [0.2, 0.25) is 0 Å². The zero-order valence-electron chi connectivity index (χ0n) is 10.7. The van der Waals surface area contributed by atoms with E-state index in [0.29, 0.717) is 17.0 Å². The van der Waals surface area contributed by atoms with Crippen molar-refractivity contribution in [3.8, 4) is 0 Å². The van der Waals surface area contributed by atoms with Crippen LogP contribution in [0.15, 0.2) is 6.33 Å². The summed E-state index contributed by atoms with van der Waals surface area (Å²) in [7, 11) is 0. The predicted octanol–water partition coefficient (Wildman–Crippen LogP) is -1.67. The van der Waals surface area contributed by atoms with Gasteiger partial charge in [-0.3, -0.25) is 4.57 Å². The van der Waals surface area contributed by atoms with Crippen molar-refractivity contribution in [1.29, 1.82) is 0 Å². The number of aryl methyl sites for hydroxylation is 1. The Morgan fingerprint density at radius 2 is 2.10 bits per heavy atom. The summed E-state index contributed by atoms with van der Waals surface area (Å²) >= 11 is 0. The summed E-state index contributed by atoms with van der Waals surface area (Å²) in [5, 5.41) is 29.0. The van der Waals surface area contributed by atoms with Gasteiger partial charge in [0, 0.05) is 0 Å². The molecule has 3 heterocycles. The highest BCUT2D eigenvalue weighted by Crippen LogP contribution is 2.33. The number of anilines is 1. The number of ether oxygens (including phenoxy) is 1. The third kappa shape index (κ3) is 1.75. The Morgan fingerprint density at radius 3 is 2.75 bits per heavy atom. The molecule has 2 aromatic heterocycles. The van der Waals surface area contributed by atoms with Gasteiger partial charge in [-0.1, -0.05) is 0 Å². The van der Waals surface area contributed by atoms with Gasteiger partial charge in [-0.15, -0.1) is 0 Å². The summed E-state index contributed by atoms with van der Waals surface area (Å²) in [6.45, 7) is 1.31. The molecule has 2 aromatic rings. The molecule has 0 amide bonds. The van der Waals surface area contributed by atoms with Crippen LogP contribution in [0.1, 0.15) is 12.1 Å². The first-order chi connectivity index (χ1) is 9.54. The van der Waals surface area contributed by atoms with Crippen LogP contribution < -0.4 is 5.73 Å². The molecule has 9 nitrogen and oxygen atoms in total. The molecule has 0 aromatic carbocycles. The maximum Gasteiger partial charge on any atom is 0.167 e. The van der Waals surface area contributed by atoms with Gasteiger partial charge in [0.05, 0.1) is 6.61 Å². The van der Waals surface area contributed by atoms with Crippen molar-refractivity contribution in [2.24, 2.45) is 0 Å². The van der Waals surface area contributed by atoms with Crippen molar-refractivity contribution < 1.29 is 20.1 Å². The summed E-state index contributed by atoms with van der Waals surface area (Å²) < 4.78 is 7.02. The molecule has 108 valence electrons. The SMILES string of the molecule is Cc1nc2c(N)ncnc2n1C1O[C@H](CO)[C@@H](O)[C@H]1O. The van der Waals surface area contributed by atoms with Gasteiger partial charge in [0.25, 0.3) is 0 Å². The normalized spacial score (nSPS) is 30.2. The van der Waals surface area contributed by atoms with Crippen LogP contribution >= 0.6 is 0 Å². The number of aliphatic hydroxyl groups excluding tert-OH is 3. The number of rotatable bonds is 2. The van der Waals surface area contributed by atoms with Gasteiger partial charge < -0.3 is 25.8 Å². The number of hydrogen-bond acceptors (Lipinski definition) is 8. The number of nitrogens with two attached hydrogens (primary N) is 1. The second-order valence-corrected chi connectivity index (χ2v) is 4.69. The van der Waals surface area contributed by atoms with Crippen LogP contribution in [0.3, 0.4) is 0 Å². The highest BCUT2D eigenvalue weighted by Gasteiger charge is 2.44. The van der Waals surface area contributed by atoms with Crippen LogP contribution in [0.25, 0.3) is 11.2 Å². The average Bonchev–Trinajstić information content (AvgIpc) is 2.90. The molecule has 20 heavy (non-hydrogen) atoms. The summed E-state index contributed by atoms with van der Waals surface area (Å²) in [5.41, 5.74) is 6.55. The Labute approximate surface area is 113 Å². The molecule has 9 heteroatoms. The average molecular weight is 281 g/mol. The topological polar surface area (TPSA) is 140 Å². The first-order valence-corrected chi connectivity index (χ1v) is 6.12. The van der Waals surface area contributed by atoms with Crippen molar-refractivity contribution in [2.45, 2.75) is 31.5 Å². The third-order valence-corrected chi connectivity index (χ3v) is 3.45. The van der Waals surface area contributed by atoms with E-state index in [2.05, 4.69) is 15.0 Å². The number of fused-ring (bicyclic) bond motifs is 1. The lowest BCUT2D eigenvalue weighted by Crippen LogP contribution is -2.33. The summed E-state index contributed by atoms with van der Waals surface area (Å²) in [6, 6.07) is 0. The lowest BCUT2D eigenvalue weighted by atomic mass is 10.1. The molecule has 0 spiro atoms. The van der Waals surface area contributed by atoms with Crippen molar-refractivity contribution in [1.82, 2.24) is 19.5 Å². The van der Waals surface area contributed by atoms with E-state index in [4.69, 9.17) is 15.6 Å². The van der Waals surface area contributed by atoms with E-state index < -0.39 is 31.1 Å². The smallest absolute Gasteiger partial charge is 0.167 e. The van der Waals surface area contributed by atoms with E-state index in [-0.39, 0.29) is 5.82 Å². The first-order valence-electron chi connectivity index (χ1n) is 6.12. The van der Waals surface area contributed by atoms with Crippen LogP contribution in [-0.2, 0) is 4.74 Å². The monoisotopic (exact) mass is 281 g/mol. The molecule has 0 aliphatic carbocycles. The number of imidazole rings is 1. The van der Waals surface area contributed by atoms with E-state index in [0.717, 1.165) is 0 Å². The summed E-state index contributed by atoms with van der Waals surface area (Å²) in [4.78, 5) is 12.2. The van der Waals surface area contributed by atoms with Crippen molar-refractivity contribution >= 4 is 17.0 Å². The van der Waals surface area contributed by atoms with Crippen molar-refractivity contribution in [2.75, 3.05) is 12.3 Å². The Hall–Kier alpha value is -1.81. The summed E-state index contributed by atoms with van der Waals surface area (Å²) in [5.74, 6) is 0.741. The van der Waals surface area contributed by atoms with Crippen molar-refractivity contribution in [3.63, 3.8) is 0 Å². The van der Waals surface area contributed by atoms with Crippen LogP contribution in [0.2, 0.25) is 0 Å². The minimum Gasteiger partial charge on any atom is -0.394 e. The van der Waals surface area contributed by atoms with Gasteiger partial charge in [-0.25, -0.2) is 15.0 Å². The molecular formula is C11H15N5O4. The van der Waals surface area contributed by atoms with E-state index in [1.165, 1.54) is 10.9 Å². The maximum absolute atomic E-state index is 10.1. The number of nitrogens with zero attached hydrogens (tertiary/aromatic N) is 4. The molecule has 0 saturated carbocycles. The third-order valence-electron chi connectivity index (χ3n) is 3.45. The Morgan fingerprint density at radius 1 is 1.35 bits per heavy atom. The van der Waals surface area contributed by atoms with Crippen LogP contribution in [0.5, 0.6) is 0 Å². The van der Waals surface area contributed by atoms with Crippen LogP contribution in [0, 0.1) is 6.92 Å². The van der Waals surface area contributed by atoms with Crippen molar-refractivity contribution in [3.05, 3.63) is 12.2 Å². The lowest BCUT2D eigenvalue weighted by Gasteiger charge is -2.18. The van der Waals surface area contributed by atoms with Gasteiger partial charge in [0.1, 0.15) is 30.5 Å². The zero-order valence-corrected chi connectivity index (χ0v) is 10.7. The molecule has 1 saturated heterocycles. The van der Waals surface area contributed by atoms with Crippen LogP contribution in [0.4, 0.5) is 5.82 Å². The Bertz CT molecular complexity index is 645. The Kier molecular flexibility index (Phi) is 3.05. The van der Waals surface area contributed by atoms with Gasteiger partial charge in [0.15, 0.2) is 23.2 Å². The fraction of sp³-hybridized carbons (Fsp3) is 0.545. The van der Waals surface area contributed by atoms with E-state index in [1.807, 2.05) is 0 Å². The van der Waals surface area contributed by atoms with E-state index in [1.54, 1.807) is 6.92 Å². The predicted molar refractivity (Wildman–Crippen MR) is 67.5 cm³/mol. The minimum atomic E-state index is -1.19. The molecule has 1 aliphatic rings. The molecule has 1 unspecified atom stereocenters. The van der Waals surface area contributed by atoms with Crippen LogP contribution in [-0.4, -0.2) is 59.8 Å². The molecule has 0 radical (unpaired) electrons. The second kappa shape index (κ2) is 4.63. The standard InChI is InChI=1S/C11H15N5O4/c1-4-15-6-9(12)13-3-14-10(6)16(4)11-8(19)7(18)5(2-17)20-11/h3,5,7-8,11,17-19H,2H2,1H3,(H2,12,13,14)/t5-,7-,8-,11?/m1/s1. The highest BCUT2D eigenvalue weighted by atomic mass is 16.6. The largest absolute Gasteiger partial charge is 0.394 e. The molecule has 1 aliphatic heterocycles. The molecule has 3 rings (SSSR count). The fourth-order valence-corrected chi connectivity index (χ4v) is 2.43. The molecular weight excluding hydrogens is 266 g/mol. The molecule has 1 fully saturated rings. The van der Waals surface area contributed by atoms with Gasteiger partial charge in [-0.2, -0.15) is 0 Å². The van der Waals surface area contributed by atoms with Gasteiger partial charge in [-0.05, 0) is 6.92 Å². The van der Waals surface area contributed by atoms with E-state index >= 15 is 0 Å². The summed E-state index contributed by atoms with van der Waals surface area (Å²) in [6.07, 6.45) is -2.83. The molecule has 4 atom stereocenters. The number of hydrogen-bond donors (Lipinski definition) is 4. The van der Waals surface area contributed by atoms with Gasteiger partial charge >= 0.3 is 0 Å². The highest BCUT2D eigenvalue weighted by molar-refractivity contribution is 5.81. The molecule has 5 N–H and O–H groups in total. The van der Waals surface area contributed by atoms with E-state index in [9.17, 15) is 10.2 Å². The quantitative estimate of drug-likeness (QED) is 0.512. The maximum atomic E-state index is 10.1. The number of aliphatic hydroxyl groups is 3. The minimum absolute atomic E-state index is 0.226. The Balaban J connectivity index is 2.11. The zero-order chi connectivity index (χ0) is 14.4. The lowest BCUT2D eigenvalue weighted by molar-refractivity contribution is -0.0519. The molecule has 0 bridgehead atoms. The number of nitrogen functional groups attached to an aromatic ring is 1.